The van der Waals surface area contributed by atoms with Crippen molar-refractivity contribution in [1.29, 1.82) is 0 Å². The van der Waals surface area contributed by atoms with Gasteiger partial charge >= 0.3 is 0 Å². The van der Waals surface area contributed by atoms with Crippen molar-refractivity contribution >= 4 is 16.3 Å². The van der Waals surface area contributed by atoms with Gasteiger partial charge < -0.3 is 9.84 Å². The number of aliphatic hydroxyl groups excluding tert-OH is 1. The van der Waals surface area contributed by atoms with E-state index >= 15 is 0 Å². The maximum absolute atomic E-state index is 9.89. The number of methoxy groups -OCH3 is 1. The van der Waals surface area contributed by atoms with Crippen molar-refractivity contribution in [2.45, 2.75) is 39.2 Å². The topological polar surface area (TPSA) is 59.7 Å². The van der Waals surface area contributed by atoms with E-state index in [2.05, 4.69) is 5.10 Å². The average molecular weight is 329 g/mol. The molecule has 1 aliphatic carbocycles. The number of aromatic nitrogens is 3. The predicted octanol–water partition coefficient (Wildman–Crippen LogP) is 3.45. The lowest BCUT2D eigenvalue weighted by atomic mass is 9.98. The molecular weight excluding hydrogens is 310 g/mol. The van der Waals surface area contributed by atoms with Crippen molar-refractivity contribution < 1.29 is 9.84 Å². The Bertz CT molecular complexity index is 870. The molecule has 2 heterocycles. The number of fused-ring (bicyclic) bond motifs is 1. The van der Waals surface area contributed by atoms with E-state index in [1.54, 1.807) is 18.4 Å². The molecule has 3 aromatic rings. The van der Waals surface area contributed by atoms with Gasteiger partial charge in [-0.1, -0.05) is 11.3 Å². The maximum Gasteiger partial charge on any atom is 0.213 e. The summed E-state index contributed by atoms with van der Waals surface area (Å²) in [6.45, 7) is 4.01. The van der Waals surface area contributed by atoms with E-state index in [1.165, 1.54) is 12.8 Å². The lowest BCUT2D eigenvalue weighted by Gasteiger charge is -2.11. The molecule has 4 rings (SSSR count). The third-order valence-corrected chi connectivity index (χ3v) is 5.44. The first kappa shape index (κ1) is 14.7. The van der Waals surface area contributed by atoms with Crippen LogP contribution in [0.15, 0.2) is 12.1 Å². The highest BCUT2D eigenvalue weighted by atomic mass is 32.1. The molecule has 5 nitrogen and oxygen atoms in total. The number of aliphatic hydroxyl groups is 1. The molecule has 0 unspecified atom stereocenters. The Morgan fingerprint density at radius 3 is 2.57 bits per heavy atom. The van der Waals surface area contributed by atoms with Gasteiger partial charge in [0.25, 0.3) is 0 Å². The van der Waals surface area contributed by atoms with Gasteiger partial charge in [0, 0.05) is 11.5 Å². The number of rotatable bonds is 4. The van der Waals surface area contributed by atoms with Crippen LogP contribution in [-0.4, -0.2) is 26.8 Å². The zero-order valence-electron chi connectivity index (χ0n) is 13.5. The van der Waals surface area contributed by atoms with Crippen molar-refractivity contribution in [3.8, 4) is 17.0 Å². The van der Waals surface area contributed by atoms with E-state index in [9.17, 15) is 5.11 Å². The molecular formula is C17H19N3O2S. The first-order chi connectivity index (χ1) is 11.1. The van der Waals surface area contributed by atoms with Gasteiger partial charge in [-0.15, -0.1) is 0 Å². The Morgan fingerprint density at radius 2 is 2.00 bits per heavy atom. The minimum absolute atomic E-state index is 0.0742. The Kier molecular flexibility index (Phi) is 3.39. The highest BCUT2D eigenvalue weighted by molar-refractivity contribution is 7.16. The standard InChI is InChI=1S/C17H19N3O2S/c1-9-6-12(22-3)7-10(2)14(9)15-13(8-21)20-17(18-15)23-16(19-20)11-4-5-11/h6-7,11,21H,4-5,8H2,1-3H3. The zero-order valence-corrected chi connectivity index (χ0v) is 14.3. The van der Waals surface area contributed by atoms with E-state index in [4.69, 9.17) is 9.72 Å². The second-order valence-corrected chi connectivity index (χ2v) is 7.10. The molecule has 1 aromatic carbocycles. The number of aryl methyl sites for hydroxylation is 2. The van der Waals surface area contributed by atoms with Crippen LogP contribution in [0.2, 0.25) is 0 Å². The summed E-state index contributed by atoms with van der Waals surface area (Å²) in [7, 11) is 1.67. The van der Waals surface area contributed by atoms with Crippen molar-refractivity contribution in [2.75, 3.05) is 7.11 Å². The van der Waals surface area contributed by atoms with Gasteiger partial charge in [0.2, 0.25) is 4.96 Å². The Morgan fingerprint density at radius 1 is 1.30 bits per heavy atom. The van der Waals surface area contributed by atoms with E-state index < -0.39 is 0 Å². The molecule has 1 fully saturated rings. The fourth-order valence-corrected chi connectivity index (χ4v) is 4.14. The zero-order chi connectivity index (χ0) is 16.1. The Hall–Kier alpha value is -1.92. The lowest BCUT2D eigenvalue weighted by Crippen LogP contribution is -1.99. The van der Waals surface area contributed by atoms with E-state index in [0.717, 1.165) is 43.8 Å². The molecule has 2 aromatic heterocycles. The molecule has 0 radical (unpaired) electrons. The Labute approximate surface area is 138 Å². The van der Waals surface area contributed by atoms with Gasteiger partial charge in [-0.2, -0.15) is 5.10 Å². The van der Waals surface area contributed by atoms with Crippen molar-refractivity contribution in [3.63, 3.8) is 0 Å². The fourth-order valence-electron chi connectivity index (χ4n) is 3.06. The summed E-state index contributed by atoms with van der Waals surface area (Å²) in [5.74, 6) is 1.44. The number of benzene rings is 1. The minimum Gasteiger partial charge on any atom is -0.497 e. The van der Waals surface area contributed by atoms with Crippen molar-refractivity contribution in [2.24, 2.45) is 0 Å². The highest BCUT2D eigenvalue weighted by Gasteiger charge is 2.29. The van der Waals surface area contributed by atoms with Crippen LogP contribution in [0.4, 0.5) is 0 Å². The molecule has 0 amide bonds. The molecule has 0 spiro atoms. The SMILES string of the molecule is COc1cc(C)c(-c2nc3sc(C4CC4)nn3c2CO)c(C)c1. The fraction of sp³-hybridized carbons (Fsp3) is 0.412. The molecule has 1 N–H and O–H groups in total. The number of imidazole rings is 1. The first-order valence-electron chi connectivity index (χ1n) is 7.77. The normalized spacial score (nSPS) is 14.6. The molecule has 1 saturated carbocycles. The number of hydrogen-bond donors (Lipinski definition) is 1. The monoisotopic (exact) mass is 329 g/mol. The van der Waals surface area contributed by atoms with E-state index in [0.29, 0.717) is 5.92 Å². The van der Waals surface area contributed by atoms with Gasteiger partial charge in [0.1, 0.15) is 10.8 Å². The average Bonchev–Trinajstić information content (AvgIpc) is 3.20. The quantitative estimate of drug-likeness (QED) is 0.796. The molecule has 23 heavy (non-hydrogen) atoms. The number of nitrogens with zero attached hydrogens (tertiary/aromatic N) is 3. The van der Waals surface area contributed by atoms with Crippen LogP contribution in [0.5, 0.6) is 5.75 Å². The van der Waals surface area contributed by atoms with Crippen LogP contribution in [0.1, 0.15) is 40.6 Å². The van der Waals surface area contributed by atoms with Crippen molar-refractivity contribution in [3.05, 3.63) is 34.0 Å². The number of ether oxygens (including phenoxy) is 1. The van der Waals surface area contributed by atoms with Crippen LogP contribution in [0.25, 0.3) is 16.2 Å². The summed E-state index contributed by atoms with van der Waals surface area (Å²) in [6.07, 6.45) is 2.43. The molecule has 0 bridgehead atoms. The summed E-state index contributed by atoms with van der Waals surface area (Å²) in [6, 6.07) is 4.00. The third-order valence-electron chi connectivity index (χ3n) is 4.37. The molecule has 0 aliphatic heterocycles. The summed E-state index contributed by atoms with van der Waals surface area (Å²) < 4.78 is 7.15. The molecule has 120 valence electrons. The molecule has 1 aliphatic rings. The summed E-state index contributed by atoms with van der Waals surface area (Å²) in [5, 5.41) is 15.7. The van der Waals surface area contributed by atoms with E-state index in [1.807, 2.05) is 30.5 Å². The van der Waals surface area contributed by atoms with Crippen LogP contribution >= 0.6 is 11.3 Å². The van der Waals surface area contributed by atoms with E-state index in [-0.39, 0.29) is 6.61 Å². The highest BCUT2D eigenvalue weighted by Crippen LogP contribution is 2.43. The maximum atomic E-state index is 9.89. The largest absolute Gasteiger partial charge is 0.497 e. The van der Waals surface area contributed by atoms with Crippen molar-refractivity contribution in [1.82, 2.24) is 14.6 Å². The summed E-state index contributed by atoms with van der Waals surface area (Å²) >= 11 is 1.64. The van der Waals surface area contributed by atoms with Crippen LogP contribution in [0, 0.1) is 13.8 Å². The number of hydrogen-bond acceptors (Lipinski definition) is 5. The van der Waals surface area contributed by atoms with Gasteiger partial charge in [-0.05, 0) is 49.9 Å². The predicted molar refractivity (Wildman–Crippen MR) is 90.2 cm³/mol. The van der Waals surface area contributed by atoms with Gasteiger partial charge in [0.05, 0.1) is 25.1 Å². The first-order valence-corrected chi connectivity index (χ1v) is 8.58. The molecule has 6 heteroatoms. The minimum atomic E-state index is -0.0742. The van der Waals surface area contributed by atoms with Gasteiger partial charge in [0.15, 0.2) is 0 Å². The second-order valence-electron chi connectivity index (χ2n) is 6.11. The third kappa shape index (κ3) is 2.33. The summed E-state index contributed by atoms with van der Waals surface area (Å²) in [5.41, 5.74) is 4.82. The lowest BCUT2D eigenvalue weighted by molar-refractivity contribution is 0.275. The smallest absolute Gasteiger partial charge is 0.213 e. The Balaban J connectivity index is 1.90. The molecule has 0 atom stereocenters. The summed E-state index contributed by atoms with van der Waals surface area (Å²) in [4.78, 5) is 5.64. The second kappa shape index (κ2) is 5.32. The van der Waals surface area contributed by atoms with Gasteiger partial charge in [-0.3, -0.25) is 0 Å². The molecule has 0 saturated heterocycles. The van der Waals surface area contributed by atoms with Crippen LogP contribution < -0.4 is 4.74 Å². The van der Waals surface area contributed by atoms with Crippen LogP contribution in [-0.2, 0) is 6.61 Å². The van der Waals surface area contributed by atoms with Crippen LogP contribution in [0.3, 0.4) is 0 Å². The van der Waals surface area contributed by atoms with Gasteiger partial charge in [-0.25, -0.2) is 9.50 Å².